The van der Waals surface area contributed by atoms with E-state index in [9.17, 15) is 0 Å². The summed E-state index contributed by atoms with van der Waals surface area (Å²) in [6, 6.07) is 0. The fourth-order valence-corrected chi connectivity index (χ4v) is 0.774. The van der Waals surface area contributed by atoms with Crippen LogP contribution in [0.5, 0.6) is 0 Å². The van der Waals surface area contributed by atoms with E-state index in [1.54, 1.807) is 23.2 Å². The van der Waals surface area contributed by atoms with E-state index in [-0.39, 0.29) is 0 Å². The molecular formula is C7H10S. The number of thioether (sulfide) groups is 1. The molecule has 0 atom stereocenters. The van der Waals surface area contributed by atoms with Crippen molar-refractivity contribution >= 4 is 11.8 Å². The molecule has 0 saturated heterocycles. The molecule has 8 heavy (non-hydrogen) atoms. The second-order valence-corrected chi connectivity index (χ2v) is 2.51. The van der Waals surface area contributed by atoms with Gasteiger partial charge < -0.3 is 0 Å². The highest BCUT2D eigenvalue weighted by Crippen LogP contribution is 2.13. The summed E-state index contributed by atoms with van der Waals surface area (Å²) in [5.41, 5.74) is 0. The topological polar surface area (TPSA) is 0 Å². The van der Waals surface area contributed by atoms with Crippen LogP contribution in [-0.2, 0) is 0 Å². The average Bonchev–Trinajstić information content (AvgIpc) is 1.68. The van der Waals surface area contributed by atoms with E-state index in [0.29, 0.717) is 0 Å². The van der Waals surface area contributed by atoms with Crippen molar-refractivity contribution < 1.29 is 0 Å². The van der Waals surface area contributed by atoms with E-state index < -0.39 is 0 Å². The second kappa shape index (κ2) is 4.72. The standard InChI is InChI=1S/C7H10S/c1-4-6-7(3)8-5-2/h4-6H,1-2H2,3H3. The molecule has 0 saturated carbocycles. The van der Waals surface area contributed by atoms with Crippen LogP contribution in [0.4, 0.5) is 0 Å². The molecular weight excluding hydrogens is 116 g/mol. The van der Waals surface area contributed by atoms with Gasteiger partial charge in [-0.3, -0.25) is 0 Å². The Hall–Kier alpha value is -0.430. The molecule has 0 N–H and O–H groups in total. The maximum Gasteiger partial charge on any atom is -0.0140 e. The van der Waals surface area contributed by atoms with E-state index in [1.807, 2.05) is 13.0 Å². The highest BCUT2D eigenvalue weighted by Gasteiger charge is 1.78. The molecule has 0 aliphatic rings. The fourth-order valence-electron chi connectivity index (χ4n) is 0.337. The summed E-state index contributed by atoms with van der Waals surface area (Å²) in [5, 5.41) is 1.80. The third-order valence-corrected chi connectivity index (χ3v) is 1.30. The zero-order valence-corrected chi connectivity index (χ0v) is 5.87. The number of allylic oxidation sites excluding steroid dienone is 3. The number of hydrogen-bond acceptors (Lipinski definition) is 1. The molecule has 1 heteroatoms. The summed E-state index contributed by atoms with van der Waals surface area (Å²) in [5.74, 6) is 0. The number of hydrogen-bond donors (Lipinski definition) is 0. The molecule has 0 bridgehead atoms. The lowest BCUT2D eigenvalue weighted by molar-refractivity contribution is 1.68. The third-order valence-electron chi connectivity index (χ3n) is 0.622. The van der Waals surface area contributed by atoms with Crippen LogP contribution in [-0.4, -0.2) is 0 Å². The van der Waals surface area contributed by atoms with Gasteiger partial charge in [0.05, 0.1) is 0 Å². The van der Waals surface area contributed by atoms with Crippen LogP contribution in [0.25, 0.3) is 0 Å². The van der Waals surface area contributed by atoms with Gasteiger partial charge in [-0.1, -0.05) is 25.3 Å². The Morgan fingerprint density at radius 3 is 2.50 bits per heavy atom. The normalized spacial score (nSPS) is 10.9. The van der Waals surface area contributed by atoms with Gasteiger partial charge in [0.2, 0.25) is 0 Å². The van der Waals surface area contributed by atoms with E-state index >= 15 is 0 Å². The van der Waals surface area contributed by atoms with Crippen LogP contribution in [0.2, 0.25) is 0 Å². The van der Waals surface area contributed by atoms with Gasteiger partial charge in [0.1, 0.15) is 0 Å². The van der Waals surface area contributed by atoms with Gasteiger partial charge in [-0.2, -0.15) is 0 Å². The molecule has 0 spiro atoms. The Kier molecular flexibility index (Phi) is 4.47. The van der Waals surface area contributed by atoms with Crippen molar-refractivity contribution in [2.75, 3.05) is 0 Å². The van der Waals surface area contributed by atoms with Gasteiger partial charge >= 0.3 is 0 Å². The minimum absolute atomic E-state index is 1.22. The van der Waals surface area contributed by atoms with Gasteiger partial charge in [0.15, 0.2) is 0 Å². The highest BCUT2D eigenvalue weighted by atomic mass is 32.2. The lowest BCUT2D eigenvalue weighted by Gasteiger charge is -1.87. The maximum atomic E-state index is 3.57. The monoisotopic (exact) mass is 126 g/mol. The molecule has 0 unspecified atom stereocenters. The van der Waals surface area contributed by atoms with E-state index in [0.717, 1.165) is 0 Å². The van der Waals surface area contributed by atoms with Crippen molar-refractivity contribution in [3.05, 3.63) is 35.6 Å². The predicted octanol–water partition coefficient (Wildman–Crippen LogP) is 2.95. The van der Waals surface area contributed by atoms with Crippen LogP contribution >= 0.6 is 11.8 Å². The zero-order chi connectivity index (χ0) is 6.41. The minimum Gasteiger partial charge on any atom is -0.103 e. The molecule has 0 radical (unpaired) electrons. The van der Waals surface area contributed by atoms with Gasteiger partial charge in [-0.15, -0.1) is 11.8 Å². The van der Waals surface area contributed by atoms with Gasteiger partial charge in [-0.05, 0) is 17.2 Å². The second-order valence-electron chi connectivity index (χ2n) is 1.30. The molecule has 0 aromatic carbocycles. The molecule has 0 nitrogen and oxygen atoms in total. The van der Waals surface area contributed by atoms with Crippen molar-refractivity contribution in [3.8, 4) is 0 Å². The zero-order valence-electron chi connectivity index (χ0n) is 5.05. The third kappa shape index (κ3) is 3.75. The van der Waals surface area contributed by atoms with E-state index in [4.69, 9.17) is 0 Å². The molecule has 0 aromatic heterocycles. The first kappa shape index (κ1) is 7.57. The van der Waals surface area contributed by atoms with E-state index in [1.165, 1.54) is 4.91 Å². The molecule has 0 rings (SSSR count). The largest absolute Gasteiger partial charge is 0.103 e. The quantitative estimate of drug-likeness (QED) is 0.524. The van der Waals surface area contributed by atoms with E-state index in [2.05, 4.69) is 13.2 Å². The van der Waals surface area contributed by atoms with Crippen LogP contribution in [0, 0.1) is 0 Å². The van der Waals surface area contributed by atoms with Crippen molar-refractivity contribution in [1.29, 1.82) is 0 Å². The Morgan fingerprint density at radius 2 is 2.12 bits per heavy atom. The molecule has 44 valence electrons. The lowest BCUT2D eigenvalue weighted by atomic mass is 10.5. The first-order valence-corrected chi connectivity index (χ1v) is 3.26. The average molecular weight is 126 g/mol. The van der Waals surface area contributed by atoms with Gasteiger partial charge in [0, 0.05) is 0 Å². The molecule has 0 aromatic rings. The summed E-state index contributed by atoms with van der Waals surface area (Å²) >= 11 is 1.61. The first-order valence-electron chi connectivity index (χ1n) is 2.38. The van der Waals surface area contributed by atoms with Gasteiger partial charge in [0.25, 0.3) is 0 Å². The summed E-state index contributed by atoms with van der Waals surface area (Å²) in [6.45, 7) is 9.15. The smallest absolute Gasteiger partial charge is 0.0140 e. The first-order chi connectivity index (χ1) is 3.81. The molecule has 0 heterocycles. The Morgan fingerprint density at radius 1 is 1.50 bits per heavy atom. The highest BCUT2D eigenvalue weighted by molar-refractivity contribution is 8.05. The minimum atomic E-state index is 1.22. The molecule has 0 fully saturated rings. The summed E-state index contributed by atoms with van der Waals surface area (Å²) in [6.07, 6.45) is 3.72. The lowest BCUT2D eigenvalue weighted by Crippen LogP contribution is -1.57. The van der Waals surface area contributed by atoms with Crippen LogP contribution in [0.15, 0.2) is 35.6 Å². The van der Waals surface area contributed by atoms with Crippen molar-refractivity contribution in [2.45, 2.75) is 6.92 Å². The SMILES string of the molecule is C=CC=C(C)SC=C. The predicted molar refractivity (Wildman–Crippen MR) is 41.7 cm³/mol. The Bertz CT molecular complexity index is 112. The van der Waals surface area contributed by atoms with Crippen molar-refractivity contribution in [1.82, 2.24) is 0 Å². The summed E-state index contributed by atoms with van der Waals surface area (Å²) < 4.78 is 0. The molecule has 0 amide bonds. The van der Waals surface area contributed by atoms with Crippen LogP contribution in [0.3, 0.4) is 0 Å². The van der Waals surface area contributed by atoms with Crippen molar-refractivity contribution in [2.24, 2.45) is 0 Å². The Balaban J connectivity index is 3.60. The fraction of sp³-hybridized carbons (Fsp3) is 0.143. The van der Waals surface area contributed by atoms with Gasteiger partial charge in [-0.25, -0.2) is 0 Å². The van der Waals surface area contributed by atoms with Crippen LogP contribution < -0.4 is 0 Å². The molecule has 0 aliphatic carbocycles. The number of rotatable bonds is 3. The molecule has 0 aliphatic heterocycles. The summed E-state index contributed by atoms with van der Waals surface area (Å²) in [7, 11) is 0. The summed E-state index contributed by atoms with van der Waals surface area (Å²) in [4.78, 5) is 1.22. The van der Waals surface area contributed by atoms with Crippen LogP contribution in [0.1, 0.15) is 6.92 Å². The maximum absolute atomic E-state index is 3.57. The van der Waals surface area contributed by atoms with Crippen molar-refractivity contribution in [3.63, 3.8) is 0 Å². The Labute approximate surface area is 55.0 Å².